The maximum absolute atomic E-state index is 12.9. The Hall–Kier alpha value is -1.84. The average molecular weight is 414 g/mol. The summed E-state index contributed by atoms with van der Waals surface area (Å²) in [6.45, 7) is 2.64. The SMILES string of the molecule is CC[C@H](NC(=O)[C@@H]1CCCN(S(=O)(=O)N(C)C)C1)c1ccc(OC)c(OC)c1. The standard InChI is InChI=1S/C19H31N3O5S/c1-6-16(14-9-10-17(26-4)18(12-14)27-5)20-19(23)15-8-7-11-22(13-15)28(24,25)21(2)3/h9-10,12,15-16H,6-8,11,13H2,1-5H3,(H,20,23)/t15-,16+/m1/s1. The highest BCUT2D eigenvalue weighted by atomic mass is 32.2. The van der Waals surface area contributed by atoms with Crippen molar-refractivity contribution in [2.75, 3.05) is 41.4 Å². The topological polar surface area (TPSA) is 88.2 Å². The van der Waals surface area contributed by atoms with Gasteiger partial charge in [-0.1, -0.05) is 13.0 Å². The quantitative estimate of drug-likeness (QED) is 0.702. The van der Waals surface area contributed by atoms with Gasteiger partial charge in [0.1, 0.15) is 0 Å². The summed E-state index contributed by atoms with van der Waals surface area (Å²) in [6, 6.07) is 5.39. The molecule has 1 N–H and O–H groups in total. The molecule has 0 aliphatic carbocycles. The van der Waals surface area contributed by atoms with Crippen LogP contribution in [0.15, 0.2) is 18.2 Å². The minimum absolute atomic E-state index is 0.125. The van der Waals surface area contributed by atoms with Crippen LogP contribution in [0.2, 0.25) is 0 Å². The van der Waals surface area contributed by atoms with Crippen LogP contribution in [0, 0.1) is 5.92 Å². The van der Waals surface area contributed by atoms with Crippen molar-refractivity contribution in [2.24, 2.45) is 5.92 Å². The van der Waals surface area contributed by atoms with E-state index < -0.39 is 10.2 Å². The molecule has 9 heteroatoms. The zero-order valence-corrected chi connectivity index (χ0v) is 18.1. The third-order valence-electron chi connectivity index (χ3n) is 5.08. The number of rotatable bonds is 8. The van der Waals surface area contributed by atoms with E-state index in [0.717, 1.165) is 5.56 Å². The summed E-state index contributed by atoms with van der Waals surface area (Å²) in [7, 11) is 2.64. The Morgan fingerprint density at radius 2 is 1.96 bits per heavy atom. The van der Waals surface area contributed by atoms with Gasteiger partial charge in [-0.15, -0.1) is 0 Å². The van der Waals surface area contributed by atoms with Gasteiger partial charge < -0.3 is 14.8 Å². The van der Waals surface area contributed by atoms with E-state index in [2.05, 4.69) is 5.32 Å². The van der Waals surface area contributed by atoms with Crippen molar-refractivity contribution in [2.45, 2.75) is 32.2 Å². The second-order valence-corrected chi connectivity index (χ2v) is 9.21. The predicted octanol–water partition coefficient (Wildman–Crippen LogP) is 1.79. The van der Waals surface area contributed by atoms with Gasteiger partial charge in [0.2, 0.25) is 5.91 Å². The fourth-order valence-corrected chi connectivity index (χ4v) is 4.57. The second kappa shape index (κ2) is 9.58. The van der Waals surface area contributed by atoms with E-state index in [1.807, 2.05) is 25.1 Å². The summed E-state index contributed by atoms with van der Waals surface area (Å²) in [5.41, 5.74) is 0.919. The van der Waals surface area contributed by atoms with Crippen LogP contribution in [0.1, 0.15) is 37.8 Å². The molecule has 0 spiro atoms. The molecule has 0 saturated carbocycles. The smallest absolute Gasteiger partial charge is 0.281 e. The van der Waals surface area contributed by atoms with E-state index in [4.69, 9.17) is 9.47 Å². The molecule has 1 amide bonds. The van der Waals surface area contributed by atoms with Gasteiger partial charge in [-0.05, 0) is 37.0 Å². The number of ether oxygens (including phenoxy) is 2. The fraction of sp³-hybridized carbons (Fsp3) is 0.632. The normalized spacial score (nSPS) is 19.3. The Labute approximate surface area is 168 Å². The number of carbonyl (C=O) groups excluding carboxylic acids is 1. The fourth-order valence-electron chi connectivity index (χ4n) is 3.38. The lowest BCUT2D eigenvalue weighted by Crippen LogP contribution is -2.49. The van der Waals surface area contributed by atoms with Crippen LogP contribution in [-0.4, -0.2) is 64.3 Å². The van der Waals surface area contributed by atoms with Gasteiger partial charge in [-0.25, -0.2) is 0 Å². The molecule has 0 aromatic heterocycles. The van der Waals surface area contributed by atoms with Crippen LogP contribution >= 0.6 is 0 Å². The minimum Gasteiger partial charge on any atom is -0.493 e. The summed E-state index contributed by atoms with van der Waals surface area (Å²) in [5.74, 6) is 0.746. The Kier molecular flexibility index (Phi) is 7.68. The molecule has 28 heavy (non-hydrogen) atoms. The van der Waals surface area contributed by atoms with E-state index in [1.165, 1.54) is 22.7 Å². The molecule has 1 aromatic rings. The van der Waals surface area contributed by atoms with Gasteiger partial charge in [-0.3, -0.25) is 4.79 Å². The Morgan fingerprint density at radius 3 is 2.54 bits per heavy atom. The lowest BCUT2D eigenvalue weighted by Gasteiger charge is -2.33. The summed E-state index contributed by atoms with van der Waals surface area (Å²) in [5, 5.41) is 3.07. The Bertz CT molecular complexity index is 782. The summed E-state index contributed by atoms with van der Waals surface area (Å²) >= 11 is 0. The van der Waals surface area contributed by atoms with Crippen LogP contribution in [-0.2, 0) is 15.0 Å². The van der Waals surface area contributed by atoms with Crippen molar-refractivity contribution >= 4 is 16.1 Å². The average Bonchev–Trinajstić information content (AvgIpc) is 2.71. The van der Waals surface area contributed by atoms with E-state index >= 15 is 0 Å². The third kappa shape index (κ3) is 4.95. The van der Waals surface area contributed by atoms with Crippen molar-refractivity contribution in [1.29, 1.82) is 0 Å². The molecule has 0 bridgehead atoms. The first-order valence-electron chi connectivity index (χ1n) is 9.44. The number of hydrogen-bond acceptors (Lipinski definition) is 5. The van der Waals surface area contributed by atoms with Crippen molar-refractivity contribution in [3.05, 3.63) is 23.8 Å². The molecule has 1 aliphatic heterocycles. The van der Waals surface area contributed by atoms with Gasteiger partial charge in [0.05, 0.1) is 26.2 Å². The number of carbonyl (C=O) groups is 1. The molecule has 0 radical (unpaired) electrons. The maximum Gasteiger partial charge on any atom is 0.281 e. The molecular weight excluding hydrogens is 382 g/mol. The van der Waals surface area contributed by atoms with E-state index in [9.17, 15) is 13.2 Å². The van der Waals surface area contributed by atoms with E-state index in [1.54, 1.807) is 14.2 Å². The molecule has 1 aliphatic rings. The maximum atomic E-state index is 12.9. The number of nitrogens with zero attached hydrogens (tertiary/aromatic N) is 2. The zero-order chi connectivity index (χ0) is 20.9. The predicted molar refractivity (Wildman–Crippen MR) is 108 cm³/mol. The number of piperidine rings is 1. The summed E-state index contributed by atoms with van der Waals surface area (Å²) in [6.07, 6.45) is 2.04. The summed E-state index contributed by atoms with van der Waals surface area (Å²) in [4.78, 5) is 12.9. The largest absolute Gasteiger partial charge is 0.493 e. The highest BCUT2D eigenvalue weighted by Gasteiger charge is 2.34. The lowest BCUT2D eigenvalue weighted by atomic mass is 9.97. The Morgan fingerprint density at radius 1 is 1.29 bits per heavy atom. The number of nitrogens with one attached hydrogen (secondary N) is 1. The number of amides is 1. The van der Waals surface area contributed by atoms with Crippen molar-refractivity contribution in [3.8, 4) is 11.5 Å². The first kappa shape index (κ1) is 22.4. The van der Waals surface area contributed by atoms with Gasteiger partial charge in [0.15, 0.2) is 11.5 Å². The van der Waals surface area contributed by atoms with Crippen LogP contribution in [0.25, 0.3) is 0 Å². The highest BCUT2D eigenvalue weighted by molar-refractivity contribution is 7.86. The van der Waals surface area contributed by atoms with Crippen molar-refractivity contribution in [1.82, 2.24) is 13.9 Å². The van der Waals surface area contributed by atoms with Crippen LogP contribution in [0.4, 0.5) is 0 Å². The van der Waals surface area contributed by atoms with Gasteiger partial charge in [-0.2, -0.15) is 17.0 Å². The molecule has 8 nitrogen and oxygen atoms in total. The van der Waals surface area contributed by atoms with Crippen molar-refractivity contribution in [3.63, 3.8) is 0 Å². The number of hydrogen-bond donors (Lipinski definition) is 1. The van der Waals surface area contributed by atoms with Crippen LogP contribution in [0.3, 0.4) is 0 Å². The number of benzene rings is 1. The monoisotopic (exact) mass is 413 g/mol. The van der Waals surface area contributed by atoms with Gasteiger partial charge in [0, 0.05) is 27.2 Å². The Balaban J connectivity index is 2.11. The molecule has 1 aromatic carbocycles. The molecule has 2 rings (SSSR count). The first-order valence-corrected chi connectivity index (χ1v) is 10.8. The molecule has 1 fully saturated rings. The number of methoxy groups -OCH3 is 2. The van der Waals surface area contributed by atoms with Gasteiger partial charge in [0.25, 0.3) is 10.2 Å². The third-order valence-corrected chi connectivity index (χ3v) is 6.98. The van der Waals surface area contributed by atoms with Crippen LogP contribution < -0.4 is 14.8 Å². The second-order valence-electron chi connectivity index (χ2n) is 7.07. The van der Waals surface area contributed by atoms with Crippen LogP contribution in [0.5, 0.6) is 11.5 Å². The zero-order valence-electron chi connectivity index (χ0n) is 17.3. The molecule has 0 unspecified atom stereocenters. The minimum atomic E-state index is -3.51. The molecular formula is C19H31N3O5S. The van der Waals surface area contributed by atoms with Gasteiger partial charge >= 0.3 is 0 Å². The highest BCUT2D eigenvalue weighted by Crippen LogP contribution is 2.31. The summed E-state index contributed by atoms with van der Waals surface area (Å²) < 4.78 is 37.9. The molecule has 2 atom stereocenters. The van der Waals surface area contributed by atoms with E-state index in [-0.39, 0.29) is 24.4 Å². The first-order chi connectivity index (χ1) is 13.2. The molecule has 1 saturated heterocycles. The van der Waals surface area contributed by atoms with E-state index in [0.29, 0.717) is 37.3 Å². The van der Waals surface area contributed by atoms with Crippen molar-refractivity contribution < 1.29 is 22.7 Å². The molecule has 158 valence electrons. The lowest BCUT2D eigenvalue weighted by molar-refractivity contribution is -0.126. The molecule has 1 heterocycles.